The van der Waals surface area contributed by atoms with E-state index < -0.39 is 35.1 Å². The maximum Gasteiger partial charge on any atom is 0.333 e. The highest BCUT2D eigenvalue weighted by molar-refractivity contribution is 5.94. The fourth-order valence-electron chi connectivity index (χ4n) is 5.53. The number of carboxylic acid groups (broad SMARTS) is 1. The second kappa shape index (κ2) is 10.2. The number of likely N-dealkylation sites (tertiary alicyclic amines) is 1. The second-order valence-electron chi connectivity index (χ2n) is 9.33. The van der Waals surface area contributed by atoms with Gasteiger partial charge < -0.3 is 5.11 Å². The van der Waals surface area contributed by atoms with Crippen LogP contribution in [0.4, 0.5) is 8.78 Å². The Labute approximate surface area is 208 Å². The second-order valence-corrected chi connectivity index (χ2v) is 9.33. The molecule has 4 rings (SSSR count). The summed E-state index contributed by atoms with van der Waals surface area (Å²) in [5, 5.41) is 20.0. The molecule has 36 heavy (non-hydrogen) atoms. The number of carbonyl (C=O) groups is 2. The number of carboxylic acids is 1. The topological polar surface area (TPSA) is 97.5 Å². The predicted molar refractivity (Wildman–Crippen MR) is 127 cm³/mol. The Morgan fingerprint density at radius 3 is 2.53 bits per heavy atom. The fourth-order valence-corrected chi connectivity index (χ4v) is 5.53. The molecule has 0 aliphatic carbocycles. The van der Waals surface area contributed by atoms with Crippen molar-refractivity contribution in [3.63, 3.8) is 0 Å². The lowest BCUT2D eigenvalue weighted by Crippen LogP contribution is -2.55. The fraction of sp³-hybridized carbons (Fsp3) is 0.407. The Kier molecular flexibility index (Phi) is 7.18. The number of benzene rings is 1. The number of carbonyl (C=O) groups excluding carboxylic acids is 1. The molecule has 2 aromatic rings. The highest BCUT2D eigenvalue weighted by Crippen LogP contribution is 2.40. The molecule has 1 fully saturated rings. The van der Waals surface area contributed by atoms with E-state index in [9.17, 15) is 28.7 Å². The quantitative estimate of drug-likeness (QED) is 0.642. The first-order valence-electron chi connectivity index (χ1n) is 12.0. The van der Waals surface area contributed by atoms with Crippen LogP contribution in [0.5, 0.6) is 0 Å². The number of halogens is 2. The van der Waals surface area contributed by atoms with Crippen molar-refractivity contribution in [3.05, 3.63) is 76.8 Å². The summed E-state index contributed by atoms with van der Waals surface area (Å²) in [6.45, 7) is 4.59. The average molecular weight is 495 g/mol. The van der Waals surface area contributed by atoms with Crippen LogP contribution < -0.4 is 0 Å². The van der Waals surface area contributed by atoms with E-state index in [0.29, 0.717) is 38.0 Å². The van der Waals surface area contributed by atoms with Crippen molar-refractivity contribution in [2.24, 2.45) is 0 Å². The van der Waals surface area contributed by atoms with Gasteiger partial charge in [-0.3, -0.25) is 19.6 Å². The van der Waals surface area contributed by atoms with Gasteiger partial charge in [0.25, 0.3) is 0 Å². The van der Waals surface area contributed by atoms with Gasteiger partial charge in [0.2, 0.25) is 5.91 Å². The van der Waals surface area contributed by atoms with E-state index in [4.69, 9.17) is 0 Å². The van der Waals surface area contributed by atoms with Crippen LogP contribution in [-0.4, -0.2) is 51.0 Å². The molecular weight excluding hydrogens is 466 g/mol. The van der Waals surface area contributed by atoms with Gasteiger partial charge in [0.05, 0.1) is 23.5 Å². The standard InChI is InChI=1S/C27H28F2N4O3/c1-3-23(32-12-9-27(16-30,10-13-32)22-6-4-5-11-31-22)33-17(2)25(26(35)36)19(15-24(33)34)18-7-8-20(28)21(29)14-18/h4-8,11,14,19,23H,3,9-10,12-13,15H2,1-2H3,(H,35,36). The molecule has 1 aromatic carbocycles. The number of hydrogen-bond donors (Lipinski definition) is 1. The molecule has 1 saturated heterocycles. The molecule has 0 spiro atoms. The van der Waals surface area contributed by atoms with Gasteiger partial charge >= 0.3 is 5.97 Å². The predicted octanol–water partition coefficient (Wildman–Crippen LogP) is 4.33. The van der Waals surface area contributed by atoms with Gasteiger partial charge in [0.1, 0.15) is 5.41 Å². The smallest absolute Gasteiger partial charge is 0.333 e. The first kappa shape index (κ1) is 25.5. The minimum absolute atomic E-state index is 0.00377. The molecule has 7 nitrogen and oxygen atoms in total. The van der Waals surface area contributed by atoms with E-state index in [1.807, 2.05) is 25.1 Å². The Morgan fingerprint density at radius 1 is 1.25 bits per heavy atom. The van der Waals surface area contributed by atoms with Gasteiger partial charge in [0.15, 0.2) is 11.6 Å². The van der Waals surface area contributed by atoms with Crippen LogP contribution in [0, 0.1) is 23.0 Å². The lowest BCUT2D eigenvalue weighted by atomic mass is 9.76. The zero-order valence-corrected chi connectivity index (χ0v) is 20.2. The summed E-state index contributed by atoms with van der Waals surface area (Å²) in [4.78, 5) is 33.7. The van der Waals surface area contributed by atoms with Crippen molar-refractivity contribution in [3.8, 4) is 6.07 Å². The molecule has 2 atom stereocenters. The van der Waals surface area contributed by atoms with E-state index in [0.717, 1.165) is 17.8 Å². The summed E-state index contributed by atoms with van der Waals surface area (Å²) in [6.07, 6.45) is 2.74. The number of hydrogen-bond acceptors (Lipinski definition) is 5. The minimum Gasteiger partial charge on any atom is -0.478 e. The number of allylic oxidation sites excluding steroid dienone is 1. The van der Waals surface area contributed by atoms with Crippen molar-refractivity contribution in [1.29, 1.82) is 5.26 Å². The Balaban J connectivity index is 1.63. The first-order valence-corrected chi connectivity index (χ1v) is 12.0. The lowest BCUT2D eigenvalue weighted by molar-refractivity contribution is -0.139. The van der Waals surface area contributed by atoms with Gasteiger partial charge in [-0.05, 0) is 56.0 Å². The van der Waals surface area contributed by atoms with Crippen LogP contribution in [0.1, 0.15) is 56.7 Å². The number of pyridine rings is 1. The van der Waals surface area contributed by atoms with E-state index >= 15 is 0 Å². The number of rotatable bonds is 6. The van der Waals surface area contributed by atoms with Gasteiger partial charge in [-0.1, -0.05) is 19.1 Å². The van der Waals surface area contributed by atoms with E-state index in [-0.39, 0.29) is 23.5 Å². The minimum atomic E-state index is -1.20. The number of aliphatic carboxylic acids is 1. The van der Waals surface area contributed by atoms with Crippen molar-refractivity contribution < 1.29 is 23.5 Å². The summed E-state index contributed by atoms with van der Waals surface area (Å²) in [6, 6.07) is 11.2. The number of aromatic nitrogens is 1. The Morgan fingerprint density at radius 2 is 1.97 bits per heavy atom. The normalized spacial score (nSPS) is 21.2. The van der Waals surface area contributed by atoms with Crippen molar-refractivity contribution in [2.75, 3.05) is 13.1 Å². The van der Waals surface area contributed by atoms with Crippen LogP contribution in [0.15, 0.2) is 53.9 Å². The number of nitrogens with zero attached hydrogens (tertiary/aromatic N) is 4. The molecule has 0 radical (unpaired) electrons. The molecule has 3 heterocycles. The van der Waals surface area contributed by atoms with Gasteiger partial charge in [-0.15, -0.1) is 0 Å². The molecule has 1 N–H and O–H groups in total. The van der Waals surface area contributed by atoms with Crippen LogP contribution in [-0.2, 0) is 15.0 Å². The van der Waals surface area contributed by atoms with Gasteiger partial charge in [-0.25, -0.2) is 13.6 Å². The van der Waals surface area contributed by atoms with Crippen LogP contribution in [0.2, 0.25) is 0 Å². The van der Waals surface area contributed by atoms with E-state index in [1.165, 1.54) is 11.0 Å². The summed E-state index contributed by atoms with van der Waals surface area (Å²) in [5.74, 6) is -4.47. The SMILES string of the molecule is CCC(N1CCC(C#N)(c2ccccn2)CC1)N1C(=O)CC(c2ccc(F)c(F)c2)C(C(=O)O)=C1C. The maximum absolute atomic E-state index is 13.9. The third-order valence-electron chi connectivity index (χ3n) is 7.43. The zero-order chi connectivity index (χ0) is 26.0. The van der Waals surface area contributed by atoms with E-state index in [2.05, 4.69) is 16.0 Å². The molecule has 0 bridgehead atoms. The van der Waals surface area contributed by atoms with Gasteiger partial charge in [-0.2, -0.15) is 5.26 Å². The van der Waals surface area contributed by atoms with Crippen LogP contribution in [0.25, 0.3) is 0 Å². The van der Waals surface area contributed by atoms with Crippen molar-refractivity contribution in [1.82, 2.24) is 14.8 Å². The highest BCUT2D eigenvalue weighted by Gasteiger charge is 2.44. The third kappa shape index (κ3) is 4.49. The first-order chi connectivity index (χ1) is 17.2. The summed E-state index contributed by atoms with van der Waals surface area (Å²) in [5.41, 5.74) is 0.557. The summed E-state index contributed by atoms with van der Waals surface area (Å²) >= 11 is 0. The molecule has 9 heteroatoms. The number of piperidine rings is 1. The van der Waals surface area contributed by atoms with Crippen LogP contribution >= 0.6 is 0 Å². The zero-order valence-electron chi connectivity index (χ0n) is 20.2. The highest BCUT2D eigenvalue weighted by atomic mass is 19.2. The van der Waals surface area contributed by atoms with Gasteiger partial charge in [0, 0.05) is 37.3 Å². The molecule has 1 amide bonds. The number of nitriles is 1. The molecular formula is C27H28F2N4O3. The monoisotopic (exact) mass is 494 g/mol. The largest absolute Gasteiger partial charge is 0.478 e. The van der Waals surface area contributed by atoms with Crippen molar-refractivity contribution >= 4 is 11.9 Å². The molecule has 1 aromatic heterocycles. The molecule has 0 saturated carbocycles. The summed E-state index contributed by atoms with van der Waals surface area (Å²) in [7, 11) is 0. The molecule has 2 aliphatic heterocycles. The average Bonchev–Trinajstić information content (AvgIpc) is 2.88. The van der Waals surface area contributed by atoms with Crippen molar-refractivity contribution in [2.45, 2.75) is 57.0 Å². The third-order valence-corrected chi connectivity index (χ3v) is 7.43. The van der Waals surface area contributed by atoms with Crippen LogP contribution in [0.3, 0.4) is 0 Å². The Bertz CT molecular complexity index is 1230. The number of amides is 1. The maximum atomic E-state index is 13.9. The lowest BCUT2D eigenvalue weighted by Gasteiger charge is -2.46. The molecule has 2 aliphatic rings. The molecule has 188 valence electrons. The summed E-state index contributed by atoms with van der Waals surface area (Å²) < 4.78 is 27.4. The van der Waals surface area contributed by atoms with E-state index in [1.54, 1.807) is 13.1 Å². The molecule has 2 unspecified atom stereocenters. The Hall–Kier alpha value is -3.64.